The van der Waals surface area contributed by atoms with Gasteiger partial charge in [0.1, 0.15) is 0 Å². The lowest BCUT2D eigenvalue weighted by Gasteiger charge is -2.31. The molecule has 0 radical (unpaired) electrons. The molecule has 1 amide bonds. The van der Waals surface area contributed by atoms with Crippen molar-refractivity contribution in [3.63, 3.8) is 0 Å². The van der Waals surface area contributed by atoms with Gasteiger partial charge in [-0.05, 0) is 42.4 Å². The Hall–Kier alpha value is -1.84. The van der Waals surface area contributed by atoms with Gasteiger partial charge in [0.2, 0.25) is 5.91 Å². The van der Waals surface area contributed by atoms with E-state index >= 15 is 0 Å². The molecule has 0 aromatic heterocycles. The Bertz CT molecular complexity index is 563. The quantitative estimate of drug-likeness (QED) is 0.919. The number of nitrogens with zero attached hydrogens (tertiary/aromatic N) is 1. The largest absolute Gasteiger partial charge is 0.478 e. The molecule has 4 nitrogen and oxygen atoms in total. The van der Waals surface area contributed by atoms with Crippen LogP contribution in [0, 0.1) is 11.8 Å². The fourth-order valence-electron chi connectivity index (χ4n) is 3.08. The number of carbonyl (C=O) groups is 2. The fraction of sp³-hybridized carbons (Fsp3) is 0.500. The molecule has 1 aliphatic heterocycles. The lowest BCUT2D eigenvalue weighted by Crippen LogP contribution is -2.40. The van der Waals surface area contributed by atoms with E-state index in [1.165, 1.54) is 12.8 Å². The van der Waals surface area contributed by atoms with E-state index in [1.807, 2.05) is 17.9 Å². The molecule has 0 spiro atoms. The highest BCUT2D eigenvalue weighted by Crippen LogP contribution is 2.38. The summed E-state index contributed by atoms with van der Waals surface area (Å²) in [5, 5.41) is 9.20. The highest BCUT2D eigenvalue weighted by molar-refractivity contribution is 5.90. The molecule has 1 aromatic carbocycles. The van der Waals surface area contributed by atoms with Crippen LogP contribution in [0.5, 0.6) is 0 Å². The van der Waals surface area contributed by atoms with Crippen LogP contribution < -0.4 is 0 Å². The zero-order valence-corrected chi connectivity index (χ0v) is 11.6. The summed E-state index contributed by atoms with van der Waals surface area (Å²) in [5.41, 5.74) is 2.25. The van der Waals surface area contributed by atoms with Gasteiger partial charge in [0, 0.05) is 19.0 Å². The maximum Gasteiger partial charge on any atom is 0.335 e. The number of hydrogen-bond acceptors (Lipinski definition) is 2. The molecule has 4 heteroatoms. The van der Waals surface area contributed by atoms with Crippen molar-refractivity contribution in [3.05, 3.63) is 34.9 Å². The lowest BCUT2D eigenvalue weighted by molar-refractivity contribution is -0.136. The van der Waals surface area contributed by atoms with Gasteiger partial charge in [-0.2, -0.15) is 0 Å². The van der Waals surface area contributed by atoms with Crippen LogP contribution in [0.2, 0.25) is 0 Å². The molecular weight excluding hydrogens is 254 g/mol. The van der Waals surface area contributed by atoms with Crippen LogP contribution >= 0.6 is 0 Å². The number of aromatic carboxylic acids is 1. The van der Waals surface area contributed by atoms with Gasteiger partial charge in [0.15, 0.2) is 0 Å². The van der Waals surface area contributed by atoms with Gasteiger partial charge >= 0.3 is 5.97 Å². The molecule has 3 rings (SSSR count). The molecule has 1 N–H and O–H groups in total. The summed E-state index contributed by atoms with van der Waals surface area (Å²) in [6, 6.07) is 5.34. The predicted octanol–water partition coefficient (Wildman–Crippen LogP) is 2.32. The first-order chi connectivity index (χ1) is 9.58. The average molecular weight is 273 g/mol. The van der Waals surface area contributed by atoms with Crippen molar-refractivity contribution in [3.8, 4) is 0 Å². The SMILES string of the molecule is CC(C(=O)N1CCc2c(cccc2C(=O)O)C1)C1CC1. The smallest absolute Gasteiger partial charge is 0.335 e. The van der Waals surface area contributed by atoms with Gasteiger partial charge in [-0.3, -0.25) is 4.79 Å². The molecule has 2 aliphatic rings. The highest BCUT2D eigenvalue weighted by atomic mass is 16.4. The van der Waals surface area contributed by atoms with Crippen molar-refractivity contribution in [2.24, 2.45) is 11.8 Å². The van der Waals surface area contributed by atoms with Crippen molar-refractivity contribution in [1.82, 2.24) is 4.90 Å². The normalized spacial score (nSPS) is 19.4. The molecule has 1 atom stereocenters. The van der Waals surface area contributed by atoms with E-state index in [2.05, 4.69) is 0 Å². The Kier molecular flexibility index (Phi) is 3.24. The van der Waals surface area contributed by atoms with Crippen molar-refractivity contribution in [1.29, 1.82) is 0 Å². The van der Waals surface area contributed by atoms with E-state index in [0.717, 1.165) is 11.1 Å². The van der Waals surface area contributed by atoms with Crippen LogP contribution in [-0.4, -0.2) is 28.4 Å². The van der Waals surface area contributed by atoms with Gasteiger partial charge in [-0.1, -0.05) is 19.1 Å². The van der Waals surface area contributed by atoms with E-state index < -0.39 is 5.97 Å². The molecule has 1 aromatic rings. The van der Waals surface area contributed by atoms with E-state index in [0.29, 0.717) is 31.0 Å². The Morgan fingerprint density at radius 1 is 1.35 bits per heavy atom. The minimum Gasteiger partial charge on any atom is -0.478 e. The molecule has 1 saturated carbocycles. The Balaban J connectivity index is 1.80. The number of hydrogen-bond donors (Lipinski definition) is 1. The monoisotopic (exact) mass is 273 g/mol. The van der Waals surface area contributed by atoms with Crippen molar-refractivity contribution in [2.45, 2.75) is 32.7 Å². The molecule has 1 fully saturated rings. The van der Waals surface area contributed by atoms with E-state index in [-0.39, 0.29) is 11.8 Å². The molecule has 1 heterocycles. The predicted molar refractivity (Wildman–Crippen MR) is 74.4 cm³/mol. The second-order valence-electron chi connectivity index (χ2n) is 5.88. The zero-order chi connectivity index (χ0) is 14.3. The maximum absolute atomic E-state index is 12.4. The highest BCUT2D eigenvalue weighted by Gasteiger charge is 2.36. The van der Waals surface area contributed by atoms with Gasteiger partial charge in [-0.25, -0.2) is 4.79 Å². The van der Waals surface area contributed by atoms with Gasteiger partial charge in [0.05, 0.1) is 5.56 Å². The summed E-state index contributed by atoms with van der Waals surface area (Å²) in [6.45, 7) is 3.20. The molecule has 0 saturated heterocycles. The minimum absolute atomic E-state index is 0.110. The average Bonchev–Trinajstić information content (AvgIpc) is 3.28. The first-order valence-corrected chi connectivity index (χ1v) is 7.20. The van der Waals surface area contributed by atoms with E-state index in [1.54, 1.807) is 12.1 Å². The minimum atomic E-state index is -0.882. The Morgan fingerprint density at radius 3 is 2.75 bits per heavy atom. The van der Waals surface area contributed by atoms with Crippen LogP contribution in [0.4, 0.5) is 0 Å². The maximum atomic E-state index is 12.4. The lowest BCUT2D eigenvalue weighted by atomic mass is 9.93. The summed E-state index contributed by atoms with van der Waals surface area (Å²) < 4.78 is 0. The molecule has 1 unspecified atom stereocenters. The number of fused-ring (bicyclic) bond motifs is 1. The number of carbonyl (C=O) groups excluding carboxylic acids is 1. The third-order valence-electron chi connectivity index (χ3n) is 4.53. The third-order valence-corrected chi connectivity index (χ3v) is 4.53. The van der Waals surface area contributed by atoms with Crippen LogP contribution in [0.25, 0.3) is 0 Å². The summed E-state index contributed by atoms with van der Waals surface area (Å²) in [7, 11) is 0. The number of rotatable bonds is 3. The third kappa shape index (κ3) is 2.30. The van der Waals surface area contributed by atoms with Crippen LogP contribution in [0.1, 0.15) is 41.3 Å². The summed E-state index contributed by atoms with van der Waals surface area (Å²) >= 11 is 0. The number of carboxylic acid groups (broad SMARTS) is 1. The molecule has 106 valence electrons. The second kappa shape index (κ2) is 4.93. The van der Waals surface area contributed by atoms with E-state index in [9.17, 15) is 14.7 Å². The van der Waals surface area contributed by atoms with Crippen LogP contribution in [0.15, 0.2) is 18.2 Å². The summed E-state index contributed by atoms with van der Waals surface area (Å²) in [5.74, 6) is 0.0142. The van der Waals surface area contributed by atoms with Crippen molar-refractivity contribution in [2.75, 3.05) is 6.54 Å². The first kappa shape index (κ1) is 13.2. The van der Waals surface area contributed by atoms with Crippen molar-refractivity contribution < 1.29 is 14.7 Å². The molecule has 20 heavy (non-hydrogen) atoms. The van der Waals surface area contributed by atoms with Crippen LogP contribution in [0.3, 0.4) is 0 Å². The van der Waals surface area contributed by atoms with E-state index in [4.69, 9.17) is 0 Å². The zero-order valence-electron chi connectivity index (χ0n) is 11.6. The fourth-order valence-corrected chi connectivity index (χ4v) is 3.08. The summed E-state index contributed by atoms with van der Waals surface area (Å²) in [4.78, 5) is 25.5. The van der Waals surface area contributed by atoms with Crippen LogP contribution in [-0.2, 0) is 17.8 Å². The number of benzene rings is 1. The molecular formula is C16H19NO3. The molecule has 1 aliphatic carbocycles. The Morgan fingerprint density at radius 2 is 2.10 bits per heavy atom. The Labute approximate surface area is 118 Å². The summed E-state index contributed by atoms with van der Waals surface area (Å²) in [6.07, 6.45) is 2.97. The van der Waals surface area contributed by atoms with Gasteiger partial charge in [-0.15, -0.1) is 0 Å². The van der Waals surface area contributed by atoms with Gasteiger partial charge in [0.25, 0.3) is 0 Å². The number of amides is 1. The standard InChI is InChI=1S/C16H19NO3/c1-10(11-5-6-11)15(18)17-8-7-13-12(9-17)3-2-4-14(13)16(19)20/h2-4,10-11H,5-9H2,1H3,(H,19,20). The topological polar surface area (TPSA) is 57.6 Å². The second-order valence-corrected chi connectivity index (χ2v) is 5.88. The number of carboxylic acids is 1. The first-order valence-electron chi connectivity index (χ1n) is 7.20. The van der Waals surface area contributed by atoms with Gasteiger partial charge < -0.3 is 10.0 Å². The molecule has 0 bridgehead atoms. The van der Waals surface area contributed by atoms with Crippen molar-refractivity contribution >= 4 is 11.9 Å².